The van der Waals surface area contributed by atoms with Gasteiger partial charge in [0.05, 0.1) is 17.5 Å². The number of hydrogen-bond donors (Lipinski definition) is 2. The van der Waals surface area contributed by atoms with E-state index in [0.29, 0.717) is 5.69 Å². The van der Waals surface area contributed by atoms with E-state index in [0.717, 1.165) is 6.26 Å². The maximum absolute atomic E-state index is 12.9. The molecule has 1 amide bonds. The number of benzene rings is 2. The molecule has 2 aromatic carbocycles. The maximum Gasteiger partial charge on any atom is 0.341 e. The van der Waals surface area contributed by atoms with Crippen LogP contribution >= 0.6 is 0 Å². The lowest BCUT2D eigenvalue weighted by Crippen LogP contribution is -2.30. The van der Waals surface area contributed by atoms with Crippen molar-refractivity contribution >= 4 is 33.3 Å². The van der Waals surface area contributed by atoms with Crippen LogP contribution in [0, 0.1) is 5.82 Å². The van der Waals surface area contributed by atoms with Crippen molar-refractivity contribution in [2.45, 2.75) is 13.0 Å². The fourth-order valence-corrected chi connectivity index (χ4v) is 2.58. The summed E-state index contributed by atoms with van der Waals surface area (Å²) in [6.07, 6.45) is -0.202. The van der Waals surface area contributed by atoms with Crippen LogP contribution in [0.3, 0.4) is 0 Å². The third-order valence-corrected chi connectivity index (χ3v) is 3.80. The molecule has 0 fully saturated rings. The summed E-state index contributed by atoms with van der Waals surface area (Å²) in [6.45, 7) is 1.36. The van der Waals surface area contributed by atoms with Crippen molar-refractivity contribution < 1.29 is 27.1 Å². The highest BCUT2D eigenvalue weighted by molar-refractivity contribution is 7.92. The van der Waals surface area contributed by atoms with Crippen LogP contribution in [0.1, 0.15) is 17.3 Å². The first-order chi connectivity index (χ1) is 12.2. The number of ether oxygens (including phenoxy) is 1. The van der Waals surface area contributed by atoms with E-state index in [1.807, 2.05) is 0 Å². The SMILES string of the molecule is C[C@@H](OC(=O)c1ccccc1NS(C)(=O)=O)C(=O)Nc1ccc(F)cc1. The lowest BCUT2D eigenvalue weighted by atomic mass is 10.2. The molecule has 0 unspecified atom stereocenters. The van der Waals surface area contributed by atoms with Crippen molar-refractivity contribution in [3.05, 3.63) is 59.9 Å². The molecule has 0 aliphatic rings. The average molecular weight is 380 g/mol. The molecule has 2 aromatic rings. The van der Waals surface area contributed by atoms with Crippen LogP contribution in [0.15, 0.2) is 48.5 Å². The van der Waals surface area contributed by atoms with E-state index >= 15 is 0 Å². The lowest BCUT2D eigenvalue weighted by Gasteiger charge is -2.15. The zero-order chi connectivity index (χ0) is 19.3. The number of para-hydroxylation sites is 1. The van der Waals surface area contributed by atoms with Gasteiger partial charge in [-0.15, -0.1) is 0 Å². The van der Waals surface area contributed by atoms with Crippen molar-refractivity contribution in [3.63, 3.8) is 0 Å². The minimum Gasteiger partial charge on any atom is -0.449 e. The Kier molecular flexibility index (Phi) is 5.93. The molecular weight excluding hydrogens is 363 g/mol. The molecule has 0 radical (unpaired) electrons. The van der Waals surface area contributed by atoms with Crippen LogP contribution in [0.4, 0.5) is 15.8 Å². The quantitative estimate of drug-likeness (QED) is 0.749. The first-order valence-corrected chi connectivity index (χ1v) is 9.39. The summed E-state index contributed by atoms with van der Waals surface area (Å²) in [4.78, 5) is 24.4. The topological polar surface area (TPSA) is 102 Å². The number of anilines is 2. The van der Waals surface area contributed by atoms with E-state index in [1.54, 1.807) is 6.07 Å². The average Bonchev–Trinajstić information content (AvgIpc) is 2.55. The van der Waals surface area contributed by atoms with E-state index < -0.39 is 33.8 Å². The van der Waals surface area contributed by atoms with E-state index in [-0.39, 0.29) is 11.3 Å². The van der Waals surface area contributed by atoms with Crippen LogP contribution in [-0.4, -0.2) is 32.7 Å². The van der Waals surface area contributed by atoms with Crippen LogP contribution in [-0.2, 0) is 19.6 Å². The standard InChI is InChI=1S/C17H17FN2O5S/c1-11(16(21)19-13-9-7-12(18)8-10-13)25-17(22)14-5-3-4-6-15(14)20-26(2,23)24/h3-11,20H,1-2H3,(H,19,21)/t11-/m1/s1. The van der Waals surface area contributed by atoms with Gasteiger partial charge in [-0.3, -0.25) is 9.52 Å². The predicted molar refractivity (Wildman–Crippen MR) is 94.8 cm³/mol. The minimum absolute atomic E-state index is 0.0284. The van der Waals surface area contributed by atoms with Gasteiger partial charge < -0.3 is 10.1 Å². The minimum atomic E-state index is -3.59. The molecule has 0 heterocycles. The van der Waals surface area contributed by atoms with Gasteiger partial charge in [0.15, 0.2) is 6.10 Å². The highest BCUT2D eigenvalue weighted by atomic mass is 32.2. The molecule has 0 spiro atoms. The molecule has 2 N–H and O–H groups in total. The third kappa shape index (κ3) is 5.55. The second-order valence-electron chi connectivity index (χ2n) is 5.46. The second-order valence-corrected chi connectivity index (χ2v) is 7.21. The molecule has 2 rings (SSSR count). The Morgan fingerprint density at radius 2 is 1.69 bits per heavy atom. The van der Waals surface area contributed by atoms with Gasteiger partial charge in [0, 0.05) is 5.69 Å². The Labute approximate surface area is 150 Å². The molecule has 9 heteroatoms. The molecule has 7 nitrogen and oxygen atoms in total. The number of esters is 1. The number of nitrogens with one attached hydrogen (secondary N) is 2. The number of sulfonamides is 1. The van der Waals surface area contributed by atoms with Crippen LogP contribution in [0.25, 0.3) is 0 Å². The van der Waals surface area contributed by atoms with Gasteiger partial charge in [0.25, 0.3) is 5.91 Å². The van der Waals surface area contributed by atoms with Crippen molar-refractivity contribution in [1.29, 1.82) is 0 Å². The smallest absolute Gasteiger partial charge is 0.341 e. The van der Waals surface area contributed by atoms with Gasteiger partial charge in [0.1, 0.15) is 5.82 Å². The molecular formula is C17H17FN2O5S. The summed E-state index contributed by atoms with van der Waals surface area (Å²) >= 11 is 0. The number of rotatable bonds is 6. The Hall–Kier alpha value is -2.94. The van der Waals surface area contributed by atoms with Crippen LogP contribution < -0.4 is 10.0 Å². The molecule has 138 valence electrons. The first-order valence-electron chi connectivity index (χ1n) is 7.50. The molecule has 26 heavy (non-hydrogen) atoms. The number of hydrogen-bond acceptors (Lipinski definition) is 5. The van der Waals surface area contributed by atoms with E-state index in [9.17, 15) is 22.4 Å². The molecule has 0 aromatic heterocycles. The summed E-state index contributed by atoms with van der Waals surface area (Å²) in [6, 6.07) is 11.0. The third-order valence-electron chi connectivity index (χ3n) is 3.21. The Morgan fingerprint density at radius 3 is 2.31 bits per heavy atom. The Morgan fingerprint density at radius 1 is 1.08 bits per heavy atom. The van der Waals surface area contributed by atoms with Crippen LogP contribution in [0.2, 0.25) is 0 Å². The zero-order valence-electron chi connectivity index (χ0n) is 14.0. The summed E-state index contributed by atoms with van der Waals surface area (Å²) in [5.74, 6) is -1.92. The van der Waals surface area contributed by atoms with E-state index in [4.69, 9.17) is 4.74 Å². The number of carbonyl (C=O) groups excluding carboxylic acids is 2. The van der Waals surface area contributed by atoms with E-state index in [1.165, 1.54) is 49.4 Å². The molecule has 1 atom stereocenters. The maximum atomic E-state index is 12.9. The zero-order valence-corrected chi connectivity index (χ0v) is 14.8. The number of amides is 1. The molecule has 0 saturated carbocycles. The van der Waals surface area contributed by atoms with Gasteiger partial charge in [-0.25, -0.2) is 17.6 Å². The summed E-state index contributed by atoms with van der Waals surface area (Å²) < 4.78 is 42.9. The molecule has 0 aliphatic heterocycles. The predicted octanol–water partition coefficient (Wildman–Crippen LogP) is 2.38. The highest BCUT2D eigenvalue weighted by Gasteiger charge is 2.21. The normalized spacial score (nSPS) is 12.1. The van der Waals surface area contributed by atoms with Gasteiger partial charge in [-0.2, -0.15) is 0 Å². The summed E-state index contributed by atoms with van der Waals surface area (Å²) in [5, 5.41) is 2.48. The summed E-state index contributed by atoms with van der Waals surface area (Å²) in [5.41, 5.74) is 0.365. The Bertz CT molecular complexity index is 913. The summed E-state index contributed by atoms with van der Waals surface area (Å²) in [7, 11) is -3.59. The highest BCUT2D eigenvalue weighted by Crippen LogP contribution is 2.18. The van der Waals surface area contributed by atoms with Crippen molar-refractivity contribution in [1.82, 2.24) is 0 Å². The monoisotopic (exact) mass is 380 g/mol. The van der Waals surface area contributed by atoms with Gasteiger partial charge in [0.2, 0.25) is 10.0 Å². The van der Waals surface area contributed by atoms with Crippen molar-refractivity contribution in [2.75, 3.05) is 16.3 Å². The van der Waals surface area contributed by atoms with Crippen LogP contribution in [0.5, 0.6) is 0 Å². The molecule has 0 aliphatic carbocycles. The first kappa shape index (κ1) is 19.4. The van der Waals surface area contributed by atoms with E-state index in [2.05, 4.69) is 10.0 Å². The number of carbonyl (C=O) groups is 2. The van der Waals surface area contributed by atoms with Gasteiger partial charge in [-0.05, 0) is 43.3 Å². The van der Waals surface area contributed by atoms with Crippen molar-refractivity contribution in [2.24, 2.45) is 0 Å². The second kappa shape index (κ2) is 7.96. The number of halogens is 1. The van der Waals surface area contributed by atoms with Gasteiger partial charge >= 0.3 is 5.97 Å². The largest absolute Gasteiger partial charge is 0.449 e. The van der Waals surface area contributed by atoms with Crippen molar-refractivity contribution in [3.8, 4) is 0 Å². The molecule has 0 saturated heterocycles. The molecule has 0 bridgehead atoms. The fraction of sp³-hybridized carbons (Fsp3) is 0.176. The Balaban J connectivity index is 2.07. The lowest BCUT2D eigenvalue weighted by molar-refractivity contribution is -0.123. The fourth-order valence-electron chi connectivity index (χ4n) is 2.00. The van der Waals surface area contributed by atoms with Gasteiger partial charge in [-0.1, -0.05) is 12.1 Å².